The highest BCUT2D eigenvalue weighted by Gasteiger charge is 2.21. The second-order valence-electron chi connectivity index (χ2n) is 7.64. The maximum atomic E-state index is 13.3. The number of urea groups is 1. The van der Waals surface area contributed by atoms with E-state index in [0.717, 1.165) is 22.5 Å². The van der Waals surface area contributed by atoms with Crippen molar-refractivity contribution in [3.63, 3.8) is 0 Å². The highest BCUT2D eigenvalue weighted by atomic mass is 16.5. The van der Waals surface area contributed by atoms with Gasteiger partial charge in [0, 0.05) is 11.8 Å². The van der Waals surface area contributed by atoms with E-state index >= 15 is 0 Å². The molecule has 0 aliphatic carbocycles. The van der Waals surface area contributed by atoms with Gasteiger partial charge in [0.1, 0.15) is 23.0 Å². The lowest BCUT2D eigenvalue weighted by Crippen LogP contribution is -2.23. The number of carbonyl (C=O) groups is 1. The number of ether oxygens (including phenoxy) is 1. The van der Waals surface area contributed by atoms with Crippen LogP contribution in [0.4, 0.5) is 16.4 Å². The largest absolute Gasteiger partial charge is 0.477 e. The first-order chi connectivity index (χ1) is 16.7. The van der Waals surface area contributed by atoms with E-state index in [4.69, 9.17) is 9.72 Å². The molecule has 0 aliphatic heterocycles. The van der Waals surface area contributed by atoms with Gasteiger partial charge >= 0.3 is 6.03 Å². The van der Waals surface area contributed by atoms with Crippen LogP contribution < -0.4 is 15.4 Å². The van der Waals surface area contributed by atoms with Gasteiger partial charge in [-0.25, -0.2) is 14.5 Å². The first-order valence-corrected chi connectivity index (χ1v) is 11.0. The van der Waals surface area contributed by atoms with Crippen molar-refractivity contribution < 1.29 is 9.53 Å². The maximum Gasteiger partial charge on any atom is 0.326 e. The normalized spacial score (nSPS) is 10.9. The van der Waals surface area contributed by atoms with Crippen molar-refractivity contribution in [2.24, 2.45) is 0 Å². The minimum Gasteiger partial charge on any atom is -0.477 e. The Bertz CT molecular complexity index is 1440. The minimum absolute atomic E-state index is 0.411. The number of benzene rings is 2. The highest BCUT2D eigenvalue weighted by Crippen LogP contribution is 2.31. The molecule has 0 radical (unpaired) electrons. The molecule has 0 aliphatic rings. The van der Waals surface area contributed by atoms with Crippen molar-refractivity contribution in [2.45, 2.75) is 13.8 Å². The van der Waals surface area contributed by atoms with Crippen LogP contribution in [0.15, 0.2) is 85.1 Å². The number of amides is 2. The fourth-order valence-corrected chi connectivity index (χ4v) is 3.81. The third-order valence-electron chi connectivity index (χ3n) is 5.40. The van der Waals surface area contributed by atoms with Gasteiger partial charge in [0.25, 0.3) is 0 Å². The van der Waals surface area contributed by atoms with Gasteiger partial charge in [0.2, 0.25) is 5.88 Å². The summed E-state index contributed by atoms with van der Waals surface area (Å²) in [5, 5.41) is 10.5. The maximum absolute atomic E-state index is 13.3. The molecule has 0 spiro atoms. The Morgan fingerprint density at radius 3 is 2.32 bits per heavy atom. The minimum atomic E-state index is -0.411. The van der Waals surface area contributed by atoms with Crippen LogP contribution in [0.25, 0.3) is 22.6 Å². The smallest absolute Gasteiger partial charge is 0.326 e. The Hall–Kier alpha value is -4.59. The second-order valence-corrected chi connectivity index (χ2v) is 7.64. The van der Waals surface area contributed by atoms with Crippen LogP contribution >= 0.6 is 0 Å². The van der Waals surface area contributed by atoms with Crippen LogP contribution in [0, 0.1) is 6.92 Å². The summed E-state index contributed by atoms with van der Waals surface area (Å²) in [7, 11) is 0. The molecule has 34 heavy (non-hydrogen) atoms. The molecule has 0 atom stereocenters. The predicted molar refractivity (Wildman–Crippen MR) is 133 cm³/mol. The van der Waals surface area contributed by atoms with E-state index in [9.17, 15) is 4.79 Å². The zero-order valence-electron chi connectivity index (χ0n) is 18.9. The van der Waals surface area contributed by atoms with E-state index in [-0.39, 0.29) is 0 Å². The molecule has 3 aromatic heterocycles. The topological polar surface area (TPSA) is 85.5 Å². The van der Waals surface area contributed by atoms with Gasteiger partial charge in [0.05, 0.1) is 17.9 Å². The SMILES string of the molecule is CCOc1nn(-c2ccccc2)c(NC(=O)Nc2c(-c3ccccc3)nc3ccccn23)c1C. The summed E-state index contributed by atoms with van der Waals surface area (Å²) in [5.74, 6) is 1.58. The van der Waals surface area contributed by atoms with Gasteiger partial charge in [0.15, 0.2) is 0 Å². The van der Waals surface area contributed by atoms with Crippen molar-refractivity contribution in [3.8, 4) is 22.8 Å². The Morgan fingerprint density at radius 2 is 1.59 bits per heavy atom. The monoisotopic (exact) mass is 452 g/mol. The average molecular weight is 453 g/mol. The molecule has 8 heteroatoms. The van der Waals surface area contributed by atoms with Crippen molar-refractivity contribution in [2.75, 3.05) is 17.2 Å². The molecule has 2 amide bonds. The van der Waals surface area contributed by atoms with Crippen LogP contribution in [0.1, 0.15) is 12.5 Å². The molecule has 2 N–H and O–H groups in total. The lowest BCUT2D eigenvalue weighted by atomic mass is 10.1. The zero-order valence-corrected chi connectivity index (χ0v) is 18.9. The van der Waals surface area contributed by atoms with Gasteiger partial charge in [-0.3, -0.25) is 15.0 Å². The molecule has 2 aromatic carbocycles. The van der Waals surface area contributed by atoms with Gasteiger partial charge in [-0.15, -0.1) is 5.10 Å². The summed E-state index contributed by atoms with van der Waals surface area (Å²) in [4.78, 5) is 18.0. The molecule has 0 unspecified atom stereocenters. The van der Waals surface area contributed by atoms with Crippen molar-refractivity contribution in [3.05, 3.63) is 90.6 Å². The van der Waals surface area contributed by atoms with E-state index in [2.05, 4.69) is 15.7 Å². The number of pyridine rings is 1. The number of fused-ring (bicyclic) bond motifs is 1. The molecule has 8 nitrogen and oxygen atoms in total. The third kappa shape index (κ3) is 3.97. The number of anilines is 2. The highest BCUT2D eigenvalue weighted by molar-refractivity contribution is 6.02. The number of nitrogens with one attached hydrogen (secondary N) is 2. The number of para-hydroxylation sites is 1. The predicted octanol–water partition coefficient (Wildman–Crippen LogP) is 5.54. The Morgan fingerprint density at radius 1 is 0.912 bits per heavy atom. The van der Waals surface area contributed by atoms with E-state index in [1.165, 1.54) is 0 Å². The van der Waals surface area contributed by atoms with Crippen LogP contribution in [0.3, 0.4) is 0 Å². The van der Waals surface area contributed by atoms with Crippen LogP contribution in [0.5, 0.6) is 5.88 Å². The Kier molecular flexibility index (Phi) is 5.70. The standard InChI is InChI=1S/C26H24N6O2/c1-3-34-25-18(2)23(32(30-25)20-14-8-5-9-15-20)28-26(33)29-24-22(19-12-6-4-7-13-19)27-21-16-10-11-17-31(21)24/h4-17H,3H2,1-2H3,(H2,28,29,33). The quantitative estimate of drug-likeness (QED) is 0.354. The summed E-state index contributed by atoms with van der Waals surface area (Å²) in [6.45, 7) is 4.24. The summed E-state index contributed by atoms with van der Waals surface area (Å²) in [6, 6.07) is 24.7. The lowest BCUT2D eigenvalue weighted by molar-refractivity contribution is 0.262. The van der Waals surface area contributed by atoms with Crippen molar-refractivity contribution in [1.29, 1.82) is 0 Å². The lowest BCUT2D eigenvalue weighted by Gasteiger charge is -2.12. The van der Waals surface area contributed by atoms with Gasteiger partial charge in [-0.05, 0) is 38.1 Å². The fraction of sp³-hybridized carbons (Fsp3) is 0.115. The summed E-state index contributed by atoms with van der Waals surface area (Å²) < 4.78 is 9.21. The number of imidazole rings is 1. The van der Waals surface area contributed by atoms with Gasteiger partial charge in [-0.1, -0.05) is 54.6 Å². The van der Waals surface area contributed by atoms with Crippen molar-refractivity contribution >= 4 is 23.3 Å². The van der Waals surface area contributed by atoms with Gasteiger partial charge < -0.3 is 4.74 Å². The molecular formula is C26H24N6O2. The van der Waals surface area contributed by atoms with Crippen LogP contribution in [0.2, 0.25) is 0 Å². The van der Waals surface area contributed by atoms with Crippen LogP contribution in [-0.4, -0.2) is 31.8 Å². The Balaban J connectivity index is 1.51. The average Bonchev–Trinajstić information content (AvgIpc) is 3.38. The number of hydrogen-bond acceptors (Lipinski definition) is 4. The summed E-state index contributed by atoms with van der Waals surface area (Å²) >= 11 is 0. The number of rotatable bonds is 6. The first kappa shape index (κ1) is 21.3. The number of carbonyl (C=O) groups excluding carboxylic acids is 1. The summed E-state index contributed by atoms with van der Waals surface area (Å²) in [5.41, 5.74) is 3.88. The van der Waals surface area contributed by atoms with E-state index in [0.29, 0.717) is 29.8 Å². The third-order valence-corrected chi connectivity index (χ3v) is 5.40. The molecule has 170 valence electrons. The molecule has 5 rings (SSSR count). The molecule has 3 heterocycles. The molecule has 0 saturated carbocycles. The van der Waals surface area contributed by atoms with E-state index in [1.807, 2.05) is 103 Å². The van der Waals surface area contributed by atoms with Crippen LogP contribution in [-0.2, 0) is 0 Å². The zero-order chi connectivity index (χ0) is 23.5. The number of nitrogens with zero attached hydrogens (tertiary/aromatic N) is 4. The second kappa shape index (κ2) is 9.11. The number of hydrogen-bond donors (Lipinski definition) is 2. The molecule has 0 fully saturated rings. The molecule has 0 saturated heterocycles. The Labute approximate surface area is 196 Å². The molecule has 0 bridgehead atoms. The van der Waals surface area contributed by atoms with E-state index < -0.39 is 6.03 Å². The fourth-order valence-electron chi connectivity index (χ4n) is 3.81. The number of aromatic nitrogens is 4. The first-order valence-electron chi connectivity index (χ1n) is 11.0. The van der Waals surface area contributed by atoms with Crippen molar-refractivity contribution in [1.82, 2.24) is 19.2 Å². The van der Waals surface area contributed by atoms with E-state index in [1.54, 1.807) is 4.68 Å². The summed E-state index contributed by atoms with van der Waals surface area (Å²) in [6.07, 6.45) is 1.87. The molecular weight excluding hydrogens is 428 g/mol. The van der Waals surface area contributed by atoms with Gasteiger partial charge in [-0.2, -0.15) is 0 Å². The molecule has 5 aromatic rings.